The first-order valence-electron chi connectivity index (χ1n) is 6.76. The number of methoxy groups -OCH3 is 1. The third-order valence-electron chi connectivity index (χ3n) is 3.36. The van der Waals surface area contributed by atoms with Crippen molar-refractivity contribution in [2.75, 3.05) is 7.11 Å². The monoisotopic (exact) mass is 299 g/mol. The molecule has 1 aromatic heterocycles. The van der Waals surface area contributed by atoms with E-state index in [0.29, 0.717) is 22.7 Å². The Bertz CT molecular complexity index is 726. The fourth-order valence-electron chi connectivity index (χ4n) is 2.22. The van der Waals surface area contributed by atoms with E-state index in [-0.39, 0.29) is 0 Å². The Balaban J connectivity index is 2.19. The zero-order valence-corrected chi connectivity index (χ0v) is 13.0. The topological polar surface area (TPSA) is 77.1 Å². The van der Waals surface area contributed by atoms with Crippen LogP contribution in [0.15, 0.2) is 24.3 Å². The molecule has 0 unspecified atom stereocenters. The number of carbonyl (C=O) groups excluding carboxylic acids is 1. The molecule has 1 heterocycles. The summed E-state index contributed by atoms with van der Waals surface area (Å²) in [7, 11) is 3.18. The van der Waals surface area contributed by atoms with Crippen LogP contribution in [0.25, 0.3) is 0 Å². The summed E-state index contributed by atoms with van der Waals surface area (Å²) < 4.78 is 12.2. The highest BCUT2D eigenvalue weighted by molar-refractivity contribution is 5.93. The van der Waals surface area contributed by atoms with Gasteiger partial charge in [0, 0.05) is 7.05 Å². The van der Waals surface area contributed by atoms with Crippen molar-refractivity contribution < 1.29 is 14.3 Å². The van der Waals surface area contributed by atoms with E-state index in [1.54, 1.807) is 45.2 Å². The second-order valence-electron chi connectivity index (χ2n) is 4.87. The quantitative estimate of drug-likeness (QED) is 0.811. The average Bonchev–Trinajstić information content (AvgIpc) is 2.80. The molecule has 6 nitrogen and oxygen atoms in total. The lowest BCUT2D eigenvalue weighted by molar-refractivity contribution is 0.0333. The van der Waals surface area contributed by atoms with E-state index < -0.39 is 12.1 Å². The number of benzene rings is 1. The molecule has 0 N–H and O–H groups in total. The molecule has 0 fully saturated rings. The van der Waals surface area contributed by atoms with Crippen LogP contribution in [0.2, 0.25) is 0 Å². The Hall–Kier alpha value is -2.81. The van der Waals surface area contributed by atoms with Gasteiger partial charge in [-0.2, -0.15) is 10.4 Å². The standard InChI is InChI=1S/C16H17N3O3/c1-10-14(15(21-4)19(3)18-10)16(20)22-11(2)13-7-5-12(9-17)6-8-13/h5-8,11H,1-4H3/t11-/m0/s1. The van der Waals surface area contributed by atoms with E-state index in [4.69, 9.17) is 14.7 Å². The van der Waals surface area contributed by atoms with Crippen molar-refractivity contribution in [1.29, 1.82) is 5.26 Å². The minimum Gasteiger partial charge on any atom is -0.481 e. The van der Waals surface area contributed by atoms with Gasteiger partial charge < -0.3 is 9.47 Å². The predicted molar refractivity (Wildman–Crippen MR) is 79.5 cm³/mol. The van der Waals surface area contributed by atoms with Crippen LogP contribution < -0.4 is 4.74 Å². The van der Waals surface area contributed by atoms with E-state index in [2.05, 4.69) is 5.10 Å². The average molecular weight is 299 g/mol. The van der Waals surface area contributed by atoms with Crippen LogP contribution in [-0.2, 0) is 11.8 Å². The van der Waals surface area contributed by atoms with Crippen LogP contribution in [0.4, 0.5) is 0 Å². The minimum atomic E-state index is -0.487. The molecule has 0 bridgehead atoms. The molecule has 0 saturated carbocycles. The van der Waals surface area contributed by atoms with Gasteiger partial charge in [0.1, 0.15) is 11.7 Å². The second kappa shape index (κ2) is 6.31. The molecule has 0 aliphatic heterocycles. The third kappa shape index (κ3) is 2.93. The predicted octanol–water partition coefficient (Wildman–Crippen LogP) is 2.53. The first-order valence-corrected chi connectivity index (χ1v) is 6.76. The Labute approximate surface area is 128 Å². The van der Waals surface area contributed by atoms with Crippen LogP contribution in [0.3, 0.4) is 0 Å². The van der Waals surface area contributed by atoms with Crippen molar-refractivity contribution in [3.63, 3.8) is 0 Å². The van der Waals surface area contributed by atoms with Gasteiger partial charge in [0.05, 0.1) is 24.4 Å². The van der Waals surface area contributed by atoms with Gasteiger partial charge in [-0.3, -0.25) is 0 Å². The summed E-state index contributed by atoms with van der Waals surface area (Å²) in [5, 5.41) is 13.0. The van der Waals surface area contributed by atoms with Gasteiger partial charge in [-0.25, -0.2) is 9.48 Å². The normalized spacial score (nSPS) is 11.6. The first-order chi connectivity index (χ1) is 10.5. The molecule has 0 spiro atoms. The molecule has 22 heavy (non-hydrogen) atoms. The molecule has 1 aromatic carbocycles. The van der Waals surface area contributed by atoms with Gasteiger partial charge >= 0.3 is 5.97 Å². The molecule has 2 aromatic rings. The summed E-state index contributed by atoms with van der Waals surface area (Å²) in [4.78, 5) is 12.4. The number of esters is 1. The summed E-state index contributed by atoms with van der Waals surface area (Å²) in [5.41, 5.74) is 2.25. The van der Waals surface area contributed by atoms with Crippen LogP contribution in [0, 0.1) is 18.3 Å². The highest BCUT2D eigenvalue weighted by Crippen LogP contribution is 2.25. The van der Waals surface area contributed by atoms with Crippen LogP contribution in [-0.4, -0.2) is 22.9 Å². The zero-order chi connectivity index (χ0) is 16.3. The zero-order valence-electron chi connectivity index (χ0n) is 13.0. The summed E-state index contributed by atoms with van der Waals surface area (Å²) in [5.74, 6) is -0.117. The largest absolute Gasteiger partial charge is 0.481 e. The number of ether oxygens (including phenoxy) is 2. The highest BCUT2D eigenvalue weighted by atomic mass is 16.5. The minimum absolute atomic E-state index is 0.325. The summed E-state index contributed by atoms with van der Waals surface area (Å²) in [6.45, 7) is 3.50. The maximum Gasteiger partial charge on any atom is 0.346 e. The van der Waals surface area contributed by atoms with E-state index in [1.807, 2.05) is 6.07 Å². The van der Waals surface area contributed by atoms with Crippen molar-refractivity contribution in [1.82, 2.24) is 9.78 Å². The van der Waals surface area contributed by atoms with Crippen LogP contribution in [0.1, 0.15) is 40.2 Å². The van der Waals surface area contributed by atoms with Gasteiger partial charge in [-0.1, -0.05) is 12.1 Å². The lowest BCUT2D eigenvalue weighted by Crippen LogP contribution is -2.11. The number of aromatic nitrogens is 2. The fraction of sp³-hybridized carbons (Fsp3) is 0.312. The molecule has 2 rings (SSSR count). The molecular weight excluding hydrogens is 282 g/mol. The maximum atomic E-state index is 12.4. The number of carbonyl (C=O) groups is 1. The number of aryl methyl sites for hydroxylation is 2. The molecule has 0 amide bonds. The number of hydrogen-bond acceptors (Lipinski definition) is 5. The van der Waals surface area contributed by atoms with Gasteiger partial charge in [0.25, 0.3) is 0 Å². The second-order valence-corrected chi connectivity index (χ2v) is 4.87. The van der Waals surface area contributed by atoms with Gasteiger partial charge in [-0.05, 0) is 31.5 Å². The Morgan fingerprint density at radius 3 is 2.55 bits per heavy atom. The van der Waals surface area contributed by atoms with Crippen LogP contribution in [0.5, 0.6) is 5.88 Å². The lowest BCUT2D eigenvalue weighted by atomic mass is 10.1. The van der Waals surface area contributed by atoms with Crippen molar-refractivity contribution in [3.8, 4) is 11.9 Å². The summed E-state index contributed by atoms with van der Waals surface area (Å²) in [6, 6.07) is 8.97. The molecule has 1 atom stereocenters. The molecule has 114 valence electrons. The molecule has 0 saturated heterocycles. The van der Waals surface area contributed by atoms with Crippen molar-refractivity contribution in [2.45, 2.75) is 20.0 Å². The Kier molecular flexibility index (Phi) is 4.47. The highest BCUT2D eigenvalue weighted by Gasteiger charge is 2.24. The van der Waals surface area contributed by atoms with Gasteiger partial charge in [-0.15, -0.1) is 0 Å². The number of rotatable bonds is 4. The lowest BCUT2D eigenvalue weighted by Gasteiger charge is -2.14. The number of hydrogen-bond donors (Lipinski definition) is 0. The van der Waals surface area contributed by atoms with Crippen molar-refractivity contribution >= 4 is 5.97 Å². The SMILES string of the molecule is COc1c(C(=O)O[C@@H](C)c2ccc(C#N)cc2)c(C)nn1C. The number of nitriles is 1. The maximum absolute atomic E-state index is 12.4. The summed E-state index contributed by atoms with van der Waals surface area (Å²) in [6.07, 6.45) is -0.440. The Morgan fingerprint density at radius 1 is 1.36 bits per heavy atom. The fourth-order valence-corrected chi connectivity index (χ4v) is 2.22. The van der Waals surface area contributed by atoms with Crippen molar-refractivity contribution in [2.24, 2.45) is 7.05 Å². The molecule has 0 aliphatic rings. The first kappa shape index (κ1) is 15.6. The van der Waals surface area contributed by atoms with E-state index in [9.17, 15) is 4.79 Å². The van der Waals surface area contributed by atoms with Gasteiger partial charge in [0.15, 0.2) is 0 Å². The smallest absolute Gasteiger partial charge is 0.346 e. The van der Waals surface area contributed by atoms with Crippen LogP contribution >= 0.6 is 0 Å². The number of nitrogens with zero attached hydrogens (tertiary/aromatic N) is 3. The molecule has 0 radical (unpaired) electrons. The van der Waals surface area contributed by atoms with E-state index >= 15 is 0 Å². The van der Waals surface area contributed by atoms with E-state index in [0.717, 1.165) is 5.56 Å². The molecule has 0 aliphatic carbocycles. The third-order valence-corrected chi connectivity index (χ3v) is 3.36. The van der Waals surface area contributed by atoms with Crippen molar-refractivity contribution in [3.05, 3.63) is 46.6 Å². The molecule has 6 heteroatoms. The Morgan fingerprint density at radius 2 is 2.00 bits per heavy atom. The van der Waals surface area contributed by atoms with E-state index in [1.165, 1.54) is 11.8 Å². The summed E-state index contributed by atoms with van der Waals surface area (Å²) >= 11 is 0. The van der Waals surface area contributed by atoms with Gasteiger partial charge in [0.2, 0.25) is 5.88 Å². The molecular formula is C16H17N3O3.